The number of hydrogen-bond acceptors (Lipinski definition) is 5. The van der Waals surface area contributed by atoms with Crippen LogP contribution in [0, 0.1) is 11.8 Å². The summed E-state index contributed by atoms with van der Waals surface area (Å²) in [5.41, 5.74) is 1.25. The maximum Gasteiger partial charge on any atom is 0.416 e. The van der Waals surface area contributed by atoms with Crippen molar-refractivity contribution in [3.05, 3.63) is 59.7 Å². The quantitative estimate of drug-likeness (QED) is 0.400. The van der Waals surface area contributed by atoms with Gasteiger partial charge in [-0.25, -0.2) is 4.98 Å². The van der Waals surface area contributed by atoms with E-state index in [1.165, 1.54) is 28.8 Å². The van der Waals surface area contributed by atoms with Gasteiger partial charge in [-0.15, -0.1) is 0 Å². The predicted octanol–water partition coefficient (Wildman–Crippen LogP) is 4.80. The molecule has 1 heterocycles. The number of nitrogens with zero attached hydrogens (tertiary/aromatic N) is 2. The van der Waals surface area contributed by atoms with Crippen LogP contribution < -0.4 is 0 Å². The summed E-state index contributed by atoms with van der Waals surface area (Å²) < 4.78 is 43.7. The molecule has 0 aliphatic heterocycles. The molecule has 1 saturated carbocycles. The minimum absolute atomic E-state index is 0.118. The molecule has 3 aromatic rings. The summed E-state index contributed by atoms with van der Waals surface area (Å²) in [6, 6.07) is 12.0. The number of amides is 1. The fraction of sp³-hybridized carbons (Fsp3) is 0.318. The number of thioether (sulfide) groups is 1. The summed E-state index contributed by atoms with van der Waals surface area (Å²) in [5, 5.41) is 0.491. The van der Waals surface area contributed by atoms with Gasteiger partial charge in [0.15, 0.2) is 5.58 Å². The molecule has 31 heavy (non-hydrogen) atoms. The van der Waals surface area contributed by atoms with Gasteiger partial charge in [0, 0.05) is 25.8 Å². The van der Waals surface area contributed by atoms with Gasteiger partial charge in [-0.3, -0.25) is 9.59 Å². The third-order valence-corrected chi connectivity index (χ3v) is 6.34. The van der Waals surface area contributed by atoms with Gasteiger partial charge in [0.2, 0.25) is 5.91 Å². The molecule has 5 nitrogen and oxygen atoms in total. The summed E-state index contributed by atoms with van der Waals surface area (Å²) in [4.78, 5) is 30.7. The number of hydrogen-bond donors (Lipinski definition) is 0. The highest BCUT2D eigenvalue weighted by molar-refractivity contribution is 7.99. The molecule has 9 heteroatoms. The van der Waals surface area contributed by atoms with E-state index in [4.69, 9.17) is 4.42 Å². The fourth-order valence-corrected chi connectivity index (χ4v) is 4.56. The van der Waals surface area contributed by atoms with Crippen LogP contribution in [-0.4, -0.2) is 34.4 Å². The smallest absolute Gasteiger partial charge is 0.416 e. The highest BCUT2D eigenvalue weighted by atomic mass is 32.2. The van der Waals surface area contributed by atoms with Crippen LogP contribution in [0.15, 0.2) is 58.2 Å². The monoisotopic (exact) mass is 448 g/mol. The second-order valence-corrected chi connectivity index (χ2v) is 8.53. The first kappa shape index (κ1) is 21.4. The Balaban J connectivity index is 1.35. The standard InChI is InChI=1S/C22H19F3N2O3S/c1-27(11-13-6-8-15(9-7-13)22(23,24)25)20(29)19-14(10-17(19)28)12-31-21-26-16-4-2-3-5-18(16)30-21/h2-9,14,19H,10-12H2,1H3. The van der Waals surface area contributed by atoms with Crippen molar-refractivity contribution in [1.82, 2.24) is 9.88 Å². The minimum Gasteiger partial charge on any atom is -0.431 e. The van der Waals surface area contributed by atoms with Crippen LogP contribution >= 0.6 is 11.8 Å². The van der Waals surface area contributed by atoms with Crippen molar-refractivity contribution < 1.29 is 27.2 Å². The van der Waals surface area contributed by atoms with Crippen molar-refractivity contribution in [2.75, 3.05) is 12.8 Å². The molecule has 0 bridgehead atoms. The van der Waals surface area contributed by atoms with E-state index >= 15 is 0 Å². The van der Waals surface area contributed by atoms with Gasteiger partial charge in [-0.1, -0.05) is 36.0 Å². The second-order valence-electron chi connectivity index (χ2n) is 7.56. The highest BCUT2D eigenvalue weighted by Gasteiger charge is 2.45. The van der Waals surface area contributed by atoms with Crippen LogP contribution in [0.1, 0.15) is 17.5 Å². The summed E-state index contributed by atoms with van der Waals surface area (Å²) in [5.74, 6) is -0.790. The molecule has 1 amide bonds. The maximum absolute atomic E-state index is 12.8. The van der Waals surface area contributed by atoms with Crippen LogP contribution in [-0.2, 0) is 22.3 Å². The largest absolute Gasteiger partial charge is 0.431 e. The van der Waals surface area contributed by atoms with Gasteiger partial charge in [0.05, 0.1) is 5.56 Å². The molecular weight excluding hydrogens is 429 g/mol. The lowest BCUT2D eigenvalue weighted by molar-refractivity contribution is -0.149. The number of ketones is 1. The predicted molar refractivity (Wildman–Crippen MR) is 109 cm³/mol. The van der Waals surface area contributed by atoms with Crippen molar-refractivity contribution in [2.45, 2.75) is 24.4 Å². The Bertz CT molecular complexity index is 1080. The Morgan fingerprint density at radius 3 is 2.55 bits per heavy atom. The van der Waals surface area contributed by atoms with E-state index in [0.29, 0.717) is 28.5 Å². The molecule has 2 atom stereocenters. The lowest BCUT2D eigenvalue weighted by atomic mass is 9.72. The van der Waals surface area contributed by atoms with Crippen molar-refractivity contribution in [3.8, 4) is 0 Å². The topological polar surface area (TPSA) is 63.4 Å². The van der Waals surface area contributed by atoms with Crippen LogP contribution in [0.4, 0.5) is 13.2 Å². The molecule has 0 N–H and O–H groups in total. The summed E-state index contributed by atoms with van der Waals surface area (Å²) in [6.45, 7) is 0.131. The van der Waals surface area contributed by atoms with Crippen LogP contribution in [0.2, 0.25) is 0 Å². The number of carbonyl (C=O) groups is 2. The number of Topliss-reactive ketones (excluding diaryl/α,β-unsaturated/α-hetero) is 1. The third kappa shape index (κ3) is 4.61. The molecule has 4 rings (SSSR count). The van der Waals surface area contributed by atoms with Gasteiger partial charge in [0.25, 0.3) is 5.22 Å². The number of halogens is 3. The Morgan fingerprint density at radius 2 is 1.90 bits per heavy atom. The highest BCUT2D eigenvalue weighted by Crippen LogP contribution is 2.37. The molecule has 1 aromatic heterocycles. The number of benzene rings is 2. The molecule has 162 valence electrons. The van der Waals surface area contributed by atoms with E-state index in [9.17, 15) is 22.8 Å². The zero-order valence-corrected chi connectivity index (χ0v) is 17.4. The van der Waals surface area contributed by atoms with E-state index < -0.39 is 17.7 Å². The van der Waals surface area contributed by atoms with Crippen molar-refractivity contribution in [2.24, 2.45) is 11.8 Å². The summed E-state index contributed by atoms with van der Waals surface area (Å²) in [6.07, 6.45) is -4.09. The molecule has 1 aliphatic rings. The van der Waals surface area contributed by atoms with Gasteiger partial charge in [-0.2, -0.15) is 13.2 Å². The average molecular weight is 448 g/mol. The summed E-state index contributed by atoms with van der Waals surface area (Å²) in [7, 11) is 1.55. The number of para-hydroxylation sites is 2. The summed E-state index contributed by atoms with van der Waals surface area (Å²) >= 11 is 1.37. The lowest BCUT2D eigenvalue weighted by Crippen LogP contribution is -2.49. The molecule has 1 aliphatic carbocycles. The van der Waals surface area contributed by atoms with E-state index in [0.717, 1.165) is 17.6 Å². The number of fused-ring (bicyclic) bond motifs is 1. The Kier molecular flexibility index (Phi) is 5.79. The normalized spacial score (nSPS) is 18.8. The van der Waals surface area contributed by atoms with E-state index in [-0.39, 0.29) is 24.2 Å². The molecule has 0 radical (unpaired) electrons. The molecule has 0 saturated heterocycles. The molecule has 2 unspecified atom stereocenters. The van der Waals surface area contributed by atoms with Gasteiger partial charge < -0.3 is 9.32 Å². The van der Waals surface area contributed by atoms with Gasteiger partial charge in [0.1, 0.15) is 17.2 Å². The Labute approximate surface area is 180 Å². The average Bonchev–Trinajstić information content (AvgIpc) is 3.13. The fourth-order valence-electron chi connectivity index (χ4n) is 3.58. The first-order valence-corrected chi connectivity index (χ1v) is 10.6. The number of oxazole rings is 1. The van der Waals surface area contributed by atoms with Crippen molar-refractivity contribution in [3.63, 3.8) is 0 Å². The first-order chi connectivity index (χ1) is 14.7. The molecular formula is C22H19F3N2O3S. The number of aromatic nitrogens is 1. The minimum atomic E-state index is -4.40. The van der Waals surface area contributed by atoms with Gasteiger partial charge in [-0.05, 0) is 35.7 Å². The lowest BCUT2D eigenvalue weighted by Gasteiger charge is -2.35. The maximum atomic E-state index is 12.8. The number of alkyl halides is 3. The third-order valence-electron chi connectivity index (χ3n) is 5.32. The first-order valence-electron chi connectivity index (χ1n) is 9.64. The second kappa shape index (κ2) is 8.37. The van der Waals surface area contributed by atoms with Crippen LogP contribution in [0.3, 0.4) is 0 Å². The molecule has 2 aromatic carbocycles. The Morgan fingerprint density at radius 1 is 1.19 bits per heavy atom. The van der Waals surface area contributed by atoms with E-state index in [2.05, 4.69) is 4.98 Å². The van der Waals surface area contributed by atoms with E-state index in [1.807, 2.05) is 24.3 Å². The van der Waals surface area contributed by atoms with Crippen LogP contribution in [0.25, 0.3) is 11.1 Å². The number of rotatable bonds is 6. The molecule has 1 fully saturated rings. The zero-order chi connectivity index (χ0) is 22.2. The molecule has 0 spiro atoms. The van der Waals surface area contributed by atoms with E-state index in [1.54, 1.807) is 7.05 Å². The zero-order valence-electron chi connectivity index (χ0n) is 16.6. The Hall–Kier alpha value is -2.81. The van der Waals surface area contributed by atoms with Crippen molar-refractivity contribution >= 4 is 34.6 Å². The van der Waals surface area contributed by atoms with Crippen molar-refractivity contribution in [1.29, 1.82) is 0 Å². The SMILES string of the molecule is CN(Cc1ccc(C(F)(F)F)cc1)C(=O)C1C(=O)CC1CSc1nc2ccccc2o1. The van der Waals surface area contributed by atoms with Crippen LogP contribution in [0.5, 0.6) is 0 Å². The van der Waals surface area contributed by atoms with Gasteiger partial charge >= 0.3 is 6.18 Å². The number of carbonyl (C=O) groups excluding carboxylic acids is 2.